The van der Waals surface area contributed by atoms with Crippen molar-refractivity contribution in [3.8, 4) is 0 Å². The zero-order valence-corrected chi connectivity index (χ0v) is 15.3. The third-order valence-corrected chi connectivity index (χ3v) is 5.11. The van der Waals surface area contributed by atoms with Gasteiger partial charge < -0.3 is 14.7 Å². The molecule has 136 valence electrons. The molecule has 1 saturated heterocycles. The molecule has 2 aromatic heterocycles. The van der Waals surface area contributed by atoms with E-state index in [-0.39, 0.29) is 5.56 Å². The summed E-state index contributed by atoms with van der Waals surface area (Å²) in [5, 5.41) is 5.12. The number of aromatic amines is 2. The summed E-state index contributed by atoms with van der Waals surface area (Å²) in [7, 11) is 0. The lowest BCUT2D eigenvalue weighted by atomic mass is 10.1. The van der Waals surface area contributed by atoms with E-state index in [0.29, 0.717) is 27.5 Å². The molecule has 1 amide bonds. The Kier molecular flexibility index (Phi) is 4.81. The minimum atomic E-state index is -0.514. The van der Waals surface area contributed by atoms with Gasteiger partial charge in [-0.15, -0.1) is 11.3 Å². The molecule has 0 saturated carbocycles. The van der Waals surface area contributed by atoms with Gasteiger partial charge in [0.05, 0.1) is 35.5 Å². The first-order chi connectivity index (χ1) is 12.6. The van der Waals surface area contributed by atoms with Crippen LogP contribution in [0.4, 0.5) is 9.52 Å². The predicted octanol–water partition coefficient (Wildman–Crippen LogP) is 2.91. The fourth-order valence-electron chi connectivity index (χ4n) is 2.88. The molecule has 0 unspecified atom stereocenters. The molecular weight excluding hydrogens is 377 g/mol. The Labute approximate surface area is 157 Å². The van der Waals surface area contributed by atoms with Crippen LogP contribution >= 0.6 is 23.6 Å². The standard InChI is InChI=1S/C16H16FN5O2S2/c17-9-5-11(13-12(6-9)19-15(25)20-13)14(23)21-16-18-10(8-26-16)7-22-1-3-24-4-2-22/h5-6,8H,1-4,7H2,(H,18,21,23)(H2,19,20,25). The smallest absolute Gasteiger partial charge is 0.259 e. The summed E-state index contributed by atoms with van der Waals surface area (Å²) in [6.07, 6.45) is 0. The maximum atomic E-state index is 13.8. The molecule has 1 fully saturated rings. The molecule has 4 rings (SSSR count). The van der Waals surface area contributed by atoms with E-state index in [1.165, 1.54) is 23.5 Å². The summed E-state index contributed by atoms with van der Waals surface area (Å²) in [5.41, 5.74) is 1.99. The number of H-pyrrole nitrogens is 2. The van der Waals surface area contributed by atoms with Crippen LogP contribution in [0.3, 0.4) is 0 Å². The number of ether oxygens (including phenoxy) is 1. The van der Waals surface area contributed by atoms with Crippen molar-refractivity contribution >= 4 is 45.6 Å². The first kappa shape index (κ1) is 17.3. The molecule has 10 heteroatoms. The van der Waals surface area contributed by atoms with Crippen molar-refractivity contribution in [2.75, 3.05) is 31.6 Å². The highest BCUT2D eigenvalue weighted by atomic mass is 32.1. The summed E-state index contributed by atoms with van der Waals surface area (Å²) in [4.78, 5) is 25.0. The highest BCUT2D eigenvalue weighted by Crippen LogP contribution is 2.22. The van der Waals surface area contributed by atoms with Gasteiger partial charge in [-0.05, 0) is 24.4 Å². The van der Waals surface area contributed by atoms with Crippen molar-refractivity contribution in [1.29, 1.82) is 0 Å². The molecule has 1 aliphatic rings. The van der Waals surface area contributed by atoms with Crippen LogP contribution in [0.25, 0.3) is 11.0 Å². The normalized spacial score (nSPS) is 15.4. The molecule has 7 nitrogen and oxygen atoms in total. The molecule has 0 radical (unpaired) electrons. The Bertz CT molecular complexity index is 1010. The van der Waals surface area contributed by atoms with Crippen LogP contribution in [0.1, 0.15) is 16.1 Å². The van der Waals surface area contributed by atoms with E-state index >= 15 is 0 Å². The first-order valence-electron chi connectivity index (χ1n) is 8.06. The lowest BCUT2D eigenvalue weighted by Crippen LogP contribution is -2.35. The van der Waals surface area contributed by atoms with Gasteiger partial charge in [0.1, 0.15) is 5.82 Å². The highest BCUT2D eigenvalue weighted by Gasteiger charge is 2.17. The number of aromatic nitrogens is 3. The van der Waals surface area contributed by atoms with E-state index in [4.69, 9.17) is 17.0 Å². The predicted molar refractivity (Wildman–Crippen MR) is 99.6 cm³/mol. The quantitative estimate of drug-likeness (QED) is 0.594. The van der Waals surface area contributed by atoms with Gasteiger partial charge in [0, 0.05) is 25.0 Å². The summed E-state index contributed by atoms with van der Waals surface area (Å²) in [6.45, 7) is 3.90. The van der Waals surface area contributed by atoms with Gasteiger partial charge in [0.2, 0.25) is 0 Å². The molecule has 0 spiro atoms. The molecule has 0 atom stereocenters. The zero-order chi connectivity index (χ0) is 18.1. The summed E-state index contributed by atoms with van der Waals surface area (Å²) in [6, 6.07) is 2.47. The van der Waals surface area contributed by atoms with Gasteiger partial charge in [0.25, 0.3) is 5.91 Å². The number of benzene rings is 1. The van der Waals surface area contributed by atoms with Crippen molar-refractivity contribution in [2.45, 2.75) is 6.54 Å². The molecule has 0 aliphatic carbocycles. The Morgan fingerprint density at radius 2 is 2.19 bits per heavy atom. The van der Waals surface area contributed by atoms with Crippen LogP contribution in [0.5, 0.6) is 0 Å². The lowest BCUT2D eigenvalue weighted by molar-refractivity contribution is 0.0337. The number of morpholine rings is 1. The molecule has 3 aromatic rings. The van der Waals surface area contributed by atoms with Crippen molar-refractivity contribution in [3.05, 3.63) is 39.4 Å². The lowest BCUT2D eigenvalue weighted by Gasteiger charge is -2.25. The third-order valence-electron chi connectivity index (χ3n) is 4.10. The summed E-state index contributed by atoms with van der Waals surface area (Å²) in [5.74, 6) is -0.952. The second-order valence-corrected chi connectivity index (χ2v) is 7.21. The second-order valence-electron chi connectivity index (χ2n) is 5.94. The largest absolute Gasteiger partial charge is 0.379 e. The monoisotopic (exact) mass is 393 g/mol. The average Bonchev–Trinajstić information content (AvgIpc) is 3.20. The maximum absolute atomic E-state index is 13.8. The van der Waals surface area contributed by atoms with E-state index in [2.05, 4.69) is 25.2 Å². The van der Waals surface area contributed by atoms with Gasteiger partial charge in [-0.1, -0.05) is 0 Å². The molecular formula is C16H16FN5O2S2. The van der Waals surface area contributed by atoms with Crippen LogP contribution < -0.4 is 5.32 Å². The van der Waals surface area contributed by atoms with Crippen LogP contribution in [-0.4, -0.2) is 52.1 Å². The topological polar surface area (TPSA) is 86.0 Å². The number of amides is 1. The molecule has 1 aliphatic heterocycles. The number of fused-ring (bicyclic) bond motifs is 1. The minimum absolute atomic E-state index is 0.178. The molecule has 3 heterocycles. The fourth-order valence-corrected chi connectivity index (χ4v) is 3.78. The van der Waals surface area contributed by atoms with Crippen LogP contribution in [0, 0.1) is 10.6 Å². The number of rotatable bonds is 4. The number of nitrogens with zero attached hydrogens (tertiary/aromatic N) is 2. The Hall–Kier alpha value is -2.14. The highest BCUT2D eigenvalue weighted by molar-refractivity contribution is 7.71. The number of imidazole rings is 1. The Balaban J connectivity index is 1.51. The maximum Gasteiger partial charge on any atom is 0.259 e. The zero-order valence-electron chi connectivity index (χ0n) is 13.7. The van der Waals surface area contributed by atoms with E-state index in [1.807, 2.05) is 5.38 Å². The molecule has 26 heavy (non-hydrogen) atoms. The van der Waals surface area contributed by atoms with Crippen LogP contribution in [0.15, 0.2) is 17.5 Å². The summed E-state index contributed by atoms with van der Waals surface area (Å²) < 4.78 is 19.5. The van der Waals surface area contributed by atoms with Crippen molar-refractivity contribution in [3.63, 3.8) is 0 Å². The molecule has 1 aromatic carbocycles. The van der Waals surface area contributed by atoms with Crippen molar-refractivity contribution in [2.24, 2.45) is 0 Å². The van der Waals surface area contributed by atoms with Gasteiger partial charge in [-0.2, -0.15) is 0 Å². The van der Waals surface area contributed by atoms with Gasteiger partial charge in [-0.3, -0.25) is 15.0 Å². The number of hydrogen-bond acceptors (Lipinski definition) is 6. The third kappa shape index (κ3) is 3.68. The molecule has 3 N–H and O–H groups in total. The van der Waals surface area contributed by atoms with Gasteiger partial charge in [0.15, 0.2) is 9.90 Å². The number of anilines is 1. The SMILES string of the molecule is O=C(Nc1nc(CN2CCOCC2)cs1)c1cc(F)cc2[nH]c(=S)[nH]c12. The van der Waals surface area contributed by atoms with Crippen molar-refractivity contribution < 1.29 is 13.9 Å². The number of hydrogen-bond donors (Lipinski definition) is 3. The number of nitrogens with one attached hydrogen (secondary N) is 3. The Morgan fingerprint density at radius 1 is 1.38 bits per heavy atom. The first-order valence-corrected chi connectivity index (χ1v) is 9.35. The fraction of sp³-hybridized carbons (Fsp3) is 0.312. The van der Waals surface area contributed by atoms with E-state index in [9.17, 15) is 9.18 Å². The number of carbonyl (C=O) groups excluding carboxylic acids is 1. The van der Waals surface area contributed by atoms with E-state index < -0.39 is 11.7 Å². The van der Waals surface area contributed by atoms with E-state index in [1.54, 1.807) is 0 Å². The van der Waals surface area contributed by atoms with Crippen LogP contribution in [-0.2, 0) is 11.3 Å². The van der Waals surface area contributed by atoms with Gasteiger partial charge in [-0.25, -0.2) is 9.37 Å². The van der Waals surface area contributed by atoms with Crippen molar-refractivity contribution in [1.82, 2.24) is 19.9 Å². The van der Waals surface area contributed by atoms with Crippen LogP contribution in [0.2, 0.25) is 0 Å². The Morgan fingerprint density at radius 3 is 3.00 bits per heavy atom. The second kappa shape index (κ2) is 7.23. The number of carbonyl (C=O) groups is 1. The average molecular weight is 393 g/mol. The van der Waals surface area contributed by atoms with Gasteiger partial charge >= 0.3 is 0 Å². The minimum Gasteiger partial charge on any atom is -0.379 e. The molecule has 0 bridgehead atoms. The number of halogens is 1. The number of thiazole rings is 1. The van der Waals surface area contributed by atoms with E-state index in [0.717, 1.165) is 32.0 Å². The summed E-state index contributed by atoms with van der Waals surface area (Å²) >= 11 is 6.37.